The predicted octanol–water partition coefficient (Wildman–Crippen LogP) is 7.40. The van der Waals surface area contributed by atoms with Crippen molar-refractivity contribution in [2.45, 2.75) is 26.2 Å². The van der Waals surface area contributed by atoms with E-state index in [-0.39, 0.29) is 5.41 Å². The molecule has 1 aromatic carbocycles. The Morgan fingerprint density at radius 2 is 1.65 bits per heavy atom. The zero-order valence-corrected chi connectivity index (χ0v) is 17.6. The minimum atomic E-state index is 0.177. The van der Waals surface area contributed by atoms with Crippen LogP contribution in [0.4, 0.5) is 0 Å². The van der Waals surface area contributed by atoms with Gasteiger partial charge in [0.2, 0.25) is 0 Å². The smallest absolute Gasteiger partial charge is 0.195 e. The van der Waals surface area contributed by atoms with Crippen molar-refractivity contribution in [1.29, 1.82) is 0 Å². The number of benzene rings is 1. The molecule has 3 aromatic rings. The number of thiophene rings is 2. The van der Waals surface area contributed by atoms with Crippen LogP contribution < -0.4 is 9.47 Å². The molecule has 0 fully saturated rings. The molecule has 2 heterocycles. The third-order valence-corrected chi connectivity index (χ3v) is 6.65. The summed E-state index contributed by atoms with van der Waals surface area (Å²) in [5.41, 5.74) is 0.177. The lowest BCUT2D eigenvalue weighted by Crippen LogP contribution is -2.07. The molecule has 0 N–H and O–H groups in total. The predicted molar refractivity (Wildman–Crippen MR) is 114 cm³/mol. The van der Waals surface area contributed by atoms with Crippen LogP contribution >= 0.6 is 34.3 Å². The van der Waals surface area contributed by atoms with E-state index >= 15 is 0 Å². The zero-order chi connectivity index (χ0) is 18.7. The Kier molecular flexibility index (Phi) is 5.76. The summed E-state index contributed by atoms with van der Waals surface area (Å²) < 4.78 is 10.9. The number of hydrogen-bond acceptors (Lipinski definition) is 4. The van der Waals surface area contributed by atoms with Crippen molar-refractivity contribution < 1.29 is 9.47 Å². The average Bonchev–Trinajstić information content (AvgIpc) is 3.23. The van der Waals surface area contributed by atoms with E-state index in [4.69, 9.17) is 21.1 Å². The highest BCUT2D eigenvalue weighted by atomic mass is 35.5. The molecule has 0 radical (unpaired) electrons. The van der Waals surface area contributed by atoms with Gasteiger partial charge in [-0.05, 0) is 53.4 Å². The van der Waals surface area contributed by atoms with Gasteiger partial charge in [0.25, 0.3) is 0 Å². The summed E-state index contributed by atoms with van der Waals surface area (Å²) in [6.07, 6.45) is 1.84. The highest BCUT2D eigenvalue weighted by Crippen LogP contribution is 2.38. The summed E-state index contributed by atoms with van der Waals surface area (Å²) >= 11 is 9.82. The molecule has 5 heteroatoms. The van der Waals surface area contributed by atoms with Crippen LogP contribution in [0.25, 0.3) is 15.8 Å². The molecule has 0 bridgehead atoms. The van der Waals surface area contributed by atoms with Crippen molar-refractivity contribution in [2.24, 2.45) is 0 Å². The summed E-state index contributed by atoms with van der Waals surface area (Å²) in [5.74, 6) is 1.38. The van der Waals surface area contributed by atoms with E-state index < -0.39 is 0 Å². The van der Waals surface area contributed by atoms with Gasteiger partial charge in [-0.2, -0.15) is 0 Å². The van der Waals surface area contributed by atoms with Crippen LogP contribution in [0.1, 0.15) is 30.5 Å². The maximum absolute atomic E-state index is 6.27. The summed E-state index contributed by atoms with van der Waals surface area (Å²) in [4.78, 5) is 4.96. The number of ether oxygens (including phenoxy) is 2. The van der Waals surface area contributed by atoms with Crippen molar-refractivity contribution in [1.82, 2.24) is 0 Å². The minimum absolute atomic E-state index is 0.177. The van der Waals surface area contributed by atoms with Crippen LogP contribution in [0.2, 0.25) is 0 Å². The van der Waals surface area contributed by atoms with Gasteiger partial charge in [0.1, 0.15) is 11.5 Å². The van der Waals surface area contributed by atoms with Gasteiger partial charge in [-0.25, -0.2) is 0 Å². The van der Waals surface area contributed by atoms with Gasteiger partial charge < -0.3 is 9.47 Å². The number of halogens is 1. The van der Waals surface area contributed by atoms with Gasteiger partial charge in [0.15, 0.2) is 5.22 Å². The Morgan fingerprint density at radius 1 is 0.962 bits per heavy atom. The van der Waals surface area contributed by atoms with Crippen molar-refractivity contribution in [3.8, 4) is 21.3 Å². The number of rotatable bonds is 5. The summed E-state index contributed by atoms with van der Waals surface area (Å²) in [6, 6.07) is 16.0. The summed E-state index contributed by atoms with van der Waals surface area (Å²) in [7, 11) is 1.62. The molecule has 0 aliphatic rings. The van der Waals surface area contributed by atoms with Crippen LogP contribution in [-0.4, -0.2) is 7.11 Å². The molecular formula is C21H21ClO2S2. The Labute approximate surface area is 167 Å². The molecule has 0 atom stereocenters. The van der Waals surface area contributed by atoms with Crippen LogP contribution in [-0.2, 0) is 5.41 Å². The number of hydrogen-bond donors (Lipinski definition) is 0. The summed E-state index contributed by atoms with van der Waals surface area (Å²) in [6.45, 7) is 6.71. The van der Waals surface area contributed by atoms with Gasteiger partial charge in [-0.3, -0.25) is 0 Å². The molecule has 0 spiro atoms. The molecule has 3 rings (SSSR count). The van der Waals surface area contributed by atoms with Crippen LogP contribution in [0.5, 0.6) is 11.5 Å². The number of methoxy groups -OCH3 is 1. The van der Waals surface area contributed by atoms with Crippen molar-refractivity contribution in [3.63, 3.8) is 0 Å². The molecule has 0 unspecified atom stereocenters. The normalized spacial score (nSPS) is 12.3. The van der Waals surface area contributed by atoms with E-state index in [0.29, 0.717) is 11.0 Å². The average molecular weight is 405 g/mol. The van der Waals surface area contributed by atoms with Gasteiger partial charge in [0.05, 0.1) is 7.11 Å². The van der Waals surface area contributed by atoms with Crippen molar-refractivity contribution >= 4 is 40.4 Å². The van der Waals surface area contributed by atoms with Gasteiger partial charge in [-0.15, -0.1) is 22.7 Å². The first-order chi connectivity index (χ1) is 12.3. The maximum Gasteiger partial charge on any atom is 0.195 e. The second kappa shape index (κ2) is 7.87. The second-order valence-corrected chi connectivity index (χ2v) is 9.42. The van der Waals surface area contributed by atoms with E-state index in [9.17, 15) is 0 Å². The first-order valence-electron chi connectivity index (χ1n) is 8.25. The standard InChI is InChI=1S/C21H21ClO2S2/c1-21(2,3)19-11-10-18(26-19)17-9-8-16(25-17)13-20(22)24-15-7-5-6-14(12-15)23-4/h5-13H,1-4H3/b20-13-. The molecule has 0 amide bonds. The lowest BCUT2D eigenvalue weighted by Gasteiger charge is -2.15. The van der Waals surface area contributed by atoms with E-state index in [1.807, 2.05) is 35.6 Å². The van der Waals surface area contributed by atoms with E-state index in [2.05, 4.69) is 45.0 Å². The lowest BCUT2D eigenvalue weighted by atomic mass is 9.95. The third kappa shape index (κ3) is 4.70. The molecule has 2 nitrogen and oxygen atoms in total. The van der Waals surface area contributed by atoms with Gasteiger partial charge in [-0.1, -0.05) is 26.8 Å². The molecule has 136 valence electrons. The first kappa shape index (κ1) is 19.0. The van der Waals surface area contributed by atoms with Crippen LogP contribution in [0, 0.1) is 0 Å². The fraction of sp³-hybridized carbons (Fsp3) is 0.238. The third-order valence-electron chi connectivity index (χ3n) is 3.73. The maximum atomic E-state index is 6.27. The quantitative estimate of drug-likeness (QED) is 0.412. The summed E-state index contributed by atoms with van der Waals surface area (Å²) in [5, 5.41) is 0.327. The van der Waals surface area contributed by atoms with E-state index in [1.54, 1.807) is 24.5 Å². The van der Waals surface area contributed by atoms with Crippen LogP contribution in [0.3, 0.4) is 0 Å². The first-order valence-corrected chi connectivity index (χ1v) is 10.3. The lowest BCUT2D eigenvalue weighted by molar-refractivity contribution is 0.407. The van der Waals surface area contributed by atoms with E-state index in [1.165, 1.54) is 14.6 Å². The molecule has 0 saturated carbocycles. The fourth-order valence-corrected chi connectivity index (χ4v) is 4.72. The molecule has 0 aliphatic heterocycles. The molecule has 0 aliphatic carbocycles. The molecule has 26 heavy (non-hydrogen) atoms. The highest BCUT2D eigenvalue weighted by molar-refractivity contribution is 7.22. The molecular weight excluding hydrogens is 384 g/mol. The van der Waals surface area contributed by atoms with Crippen molar-refractivity contribution in [2.75, 3.05) is 7.11 Å². The van der Waals surface area contributed by atoms with Gasteiger partial charge in [0, 0.05) is 31.7 Å². The highest BCUT2D eigenvalue weighted by Gasteiger charge is 2.17. The monoisotopic (exact) mass is 404 g/mol. The fourth-order valence-electron chi connectivity index (χ4n) is 2.35. The Hall–Kier alpha value is -1.75. The topological polar surface area (TPSA) is 18.5 Å². The molecule has 0 saturated heterocycles. The molecule has 2 aromatic heterocycles. The second-order valence-electron chi connectivity index (χ2n) is 6.85. The SMILES string of the molecule is COc1cccc(O/C(Cl)=C\c2ccc(-c3ccc(C(C)(C)C)s3)s2)c1. The van der Waals surface area contributed by atoms with Gasteiger partial charge >= 0.3 is 0 Å². The zero-order valence-electron chi connectivity index (χ0n) is 15.2. The Balaban J connectivity index is 1.74. The largest absolute Gasteiger partial charge is 0.497 e. The minimum Gasteiger partial charge on any atom is -0.497 e. The van der Waals surface area contributed by atoms with E-state index in [0.717, 1.165) is 10.6 Å². The Morgan fingerprint density at radius 3 is 2.35 bits per heavy atom. The Bertz CT molecular complexity index is 916. The van der Waals surface area contributed by atoms with Crippen LogP contribution in [0.15, 0.2) is 53.7 Å². The van der Waals surface area contributed by atoms with Crippen molar-refractivity contribution in [3.05, 3.63) is 63.5 Å².